The summed E-state index contributed by atoms with van der Waals surface area (Å²) in [5.74, 6) is -0.648. The zero-order chi connectivity index (χ0) is 18.6. The SMILES string of the molecule is O=C(c1cc(F)ccc1-n1cccn1)N1CCOC(Cc2ccccc2)C1. The largest absolute Gasteiger partial charge is 0.374 e. The molecule has 1 atom stereocenters. The van der Waals surface area contributed by atoms with E-state index in [2.05, 4.69) is 5.10 Å². The minimum atomic E-state index is -0.441. The van der Waals surface area contributed by atoms with Gasteiger partial charge in [0.25, 0.3) is 5.91 Å². The highest BCUT2D eigenvalue weighted by Gasteiger charge is 2.27. The van der Waals surface area contributed by atoms with Crippen LogP contribution in [0.15, 0.2) is 67.0 Å². The van der Waals surface area contributed by atoms with Crippen molar-refractivity contribution in [3.8, 4) is 5.69 Å². The molecule has 1 saturated heterocycles. The maximum Gasteiger partial charge on any atom is 0.256 e. The second-order valence-corrected chi connectivity index (χ2v) is 6.55. The van der Waals surface area contributed by atoms with Crippen LogP contribution in [0.1, 0.15) is 15.9 Å². The van der Waals surface area contributed by atoms with E-state index in [0.717, 1.165) is 6.42 Å². The van der Waals surface area contributed by atoms with Gasteiger partial charge < -0.3 is 9.64 Å². The molecule has 2 heterocycles. The number of hydrogen-bond acceptors (Lipinski definition) is 3. The molecule has 1 fully saturated rings. The van der Waals surface area contributed by atoms with E-state index in [1.807, 2.05) is 30.3 Å². The van der Waals surface area contributed by atoms with E-state index >= 15 is 0 Å². The Bertz CT molecular complexity index is 912. The Balaban J connectivity index is 1.55. The fraction of sp³-hybridized carbons (Fsp3) is 0.238. The van der Waals surface area contributed by atoms with Crippen LogP contribution < -0.4 is 0 Å². The van der Waals surface area contributed by atoms with Gasteiger partial charge >= 0.3 is 0 Å². The maximum atomic E-state index is 13.9. The molecule has 1 aromatic heterocycles. The molecule has 1 unspecified atom stereocenters. The molecular weight excluding hydrogens is 345 g/mol. The van der Waals surface area contributed by atoms with Gasteiger partial charge in [0.2, 0.25) is 0 Å². The average molecular weight is 365 g/mol. The number of hydrogen-bond donors (Lipinski definition) is 0. The Kier molecular flexibility index (Phi) is 4.98. The lowest BCUT2D eigenvalue weighted by Gasteiger charge is -2.33. The minimum Gasteiger partial charge on any atom is -0.374 e. The number of nitrogens with zero attached hydrogens (tertiary/aromatic N) is 3. The van der Waals surface area contributed by atoms with Gasteiger partial charge in [0, 0.05) is 31.9 Å². The van der Waals surface area contributed by atoms with Crippen molar-refractivity contribution in [2.24, 2.45) is 0 Å². The van der Waals surface area contributed by atoms with E-state index in [0.29, 0.717) is 30.9 Å². The van der Waals surface area contributed by atoms with Crippen LogP contribution in [0, 0.1) is 5.82 Å². The second kappa shape index (κ2) is 7.72. The van der Waals surface area contributed by atoms with Crippen molar-refractivity contribution in [1.29, 1.82) is 0 Å². The van der Waals surface area contributed by atoms with Crippen molar-refractivity contribution >= 4 is 5.91 Å². The van der Waals surface area contributed by atoms with Crippen LogP contribution in [0.4, 0.5) is 4.39 Å². The number of carbonyl (C=O) groups is 1. The Morgan fingerprint density at radius 1 is 1.19 bits per heavy atom. The summed E-state index contributed by atoms with van der Waals surface area (Å²) in [5.41, 5.74) is 2.04. The maximum absolute atomic E-state index is 13.9. The van der Waals surface area contributed by atoms with Crippen LogP contribution in [-0.2, 0) is 11.2 Å². The van der Waals surface area contributed by atoms with Crippen LogP contribution >= 0.6 is 0 Å². The molecule has 0 spiro atoms. The molecule has 0 aliphatic carbocycles. The topological polar surface area (TPSA) is 47.4 Å². The van der Waals surface area contributed by atoms with Gasteiger partial charge in [0.1, 0.15) is 5.82 Å². The van der Waals surface area contributed by atoms with E-state index in [1.54, 1.807) is 34.1 Å². The minimum absolute atomic E-state index is 0.0770. The third-order valence-corrected chi connectivity index (χ3v) is 4.67. The molecule has 1 amide bonds. The van der Waals surface area contributed by atoms with Crippen molar-refractivity contribution in [2.75, 3.05) is 19.7 Å². The summed E-state index contributed by atoms with van der Waals surface area (Å²) in [6.45, 7) is 1.43. The summed E-state index contributed by atoms with van der Waals surface area (Å²) in [5, 5.41) is 4.17. The fourth-order valence-corrected chi connectivity index (χ4v) is 3.37. The Labute approximate surface area is 157 Å². The zero-order valence-corrected chi connectivity index (χ0v) is 14.8. The van der Waals surface area contributed by atoms with E-state index in [1.165, 1.54) is 17.7 Å². The Morgan fingerprint density at radius 2 is 2.04 bits per heavy atom. The number of benzene rings is 2. The standard InChI is InChI=1S/C21H20FN3O2/c22-17-7-8-20(25-10-4-9-23-25)19(14-17)21(26)24-11-12-27-18(15-24)13-16-5-2-1-3-6-16/h1-10,14,18H,11-13,15H2. The monoisotopic (exact) mass is 365 g/mol. The Hall–Kier alpha value is -2.99. The molecule has 5 nitrogen and oxygen atoms in total. The number of morpholine rings is 1. The van der Waals surface area contributed by atoms with Crippen molar-refractivity contribution in [3.63, 3.8) is 0 Å². The van der Waals surface area contributed by atoms with Gasteiger partial charge in [0.15, 0.2) is 0 Å². The third kappa shape index (κ3) is 3.90. The van der Waals surface area contributed by atoms with Crippen LogP contribution in [0.5, 0.6) is 0 Å². The number of rotatable bonds is 4. The van der Waals surface area contributed by atoms with Crippen molar-refractivity contribution in [2.45, 2.75) is 12.5 Å². The van der Waals surface area contributed by atoms with Crippen LogP contribution in [0.3, 0.4) is 0 Å². The normalized spacial score (nSPS) is 17.1. The van der Waals surface area contributed by atoms with Gasteiger partial charge in [-0.25, -0.2) is 9.07 Å². The fourth-order valence-electron chi connectivity index (χ4n) is 3.37. The van der Waals surface area contributed by atoms with E-state index in [9.17, 15) is 9.18 Å². The summed E-state index contributed by atoms with van der Waals surface area (Å²) in [4.78, 5) is 14.9. The number of halogens is 1. The molecule has 0 bridgehead atoms. The van der Waals surface area contributed by atoms with E-state index in [4.69, 9.17) is 4.74 Å². The lowest BCUT2D eigenvalue weighted by molar-refractivity contribution is -0.0208. The predicted molar refractivity (Wildman–Crippen MR) is 99.3 cm³/mol. The molecule has 138 valence electrons. The number of amides is 1. The summed E-state index contributed by atoms with van der Waals surface area (Å²) in [6, 6.07) is 16.0. The zero-order valence-electron chi connectivity index (χ0n) is 14.8. The number of aromatic nitrogens is 2. The highest BCUT2D eigenvalue weighted by atomic mass is 19.1. The van der Waals surface area contributed by atoms with Crippen molar-refractivity contribution < 1.29 is 13.9 Å². The second-order valence-electron chi connectivity index (χ2n) is 6.55. The lowest BCUT2D eigenvalue weighted by Crippen LogP contribution is -2.46. The molecule has 0 radical (unpaired) electrons. The molecule has 1 aliphatic heterocycles. The molecule has 0 N–H and O–H groups in total. The molecular formula is C21H20FN3O2. The first-order valence-electron chi connectivity index (χ1n) is 8.95. The quantitative estimate of drug-likeness (QED) is 0.714. The van der Waals surface area contributed by atoms with Crippen molar-refractivity contribution in [3.05, 3.63) is 83.9 Å². The van der Waals surface area contributed by atoms with Gasteiger partial charge in [-0.05, 0) is 29.8 Å². The van der Waals surface area contributed by atoms with Crippen LogP contribution in [0.25, 0.3) is 5.69 Å². The molecule has 1 aliphatic rings. The highest BCUT2D eigenvalue weighted by Crippen LogP contribution is 2.20. The molecule has 6 heteroatoms. The van der Waals surface area contributed by atoms with Gasteiger partial charge in [-0.2, -0.15) is 5.10 Å². The van der Waals surface area contributed by atoms with E-state index < -0.39 is 5.82 Å². The summed E-state index contributed by atoms with van der Waals surface area (Å²) in [7, 11) is 0. The summed E-state index contributed by atoms with van der Waals surface area (Å²) >= 11 is 0. The number of ether oxygens (including phenoxy) is 1. The first-order chi connectivity index (χ1) is 13.2. The molecule has 2 aromatic carbocycles. The van der Waals surface area contributed by atoms with Crippen molar-refractivity contribution in [1.82, 2.24) is 14.7 Å². The smallest absolute Gasteiger partial charge is 0.256 e. The molecule has 4 rings (SSSR count). The molecule has 0 saturated carbocycles. The molecule has 3 aromatic rings. The Morgan fingerprint density at radius 3 is 2.81 bits per heavy atom. The predicted octanol–water partition coefficient (Wildman–Crippen LogP) is 3.10. The number of carbonyl (C=O) groups excluding carboxylic acids is 1. The lowest BCUT2D eigenvalue weighted by atomic mass is 10.1. The summed E-state index contributed by atoms with van der Waals surface area (Å²) < 4.78 is 21.3. The van der Waals surface area contributed by atoms with Gasteiger partial charge in [0.05, 0.1) is 24.0 Å². The first-order valence-corrected chi connectivity index (χ1v) is 8.95. The van der Waals surface area contributed by atoms with Crippen LogP contribution in [-0.4, -0.2) is 46.4 Å². The van der Waals surface area contributed by atoms with Crippen LogP contribution in [0.2, 0.25) is 0 Å². The first kappa shape index (κ1) is 17.4. The third-order valence-electron chi connectivity index (χ3n) is 4.67. The van der Waals surface area contributed by atoms with Gasteiger partial charge in [-0.15, -0.1) is 0 Å². The average Bonchev–Trinajstić information content (AvgIpc) is 3.23. The molecule has 27 heavy (non-hydrogen) atoms. The summed E-state index contributed by atoms with van der Waals surface area (Å²) in [6.07, 6.45) is 4.02. The van der Waals surface area contributed by atoms with Gasteiger partial charge in [-0.3, -0.25) is 4.79 Å². The highest BCUT2D eigenvalue weighted by molar-refractivity contribution is 5.97. The van der Waals surface area contributed by atoms with Gasteiger partial charge in [-0.1, -0.05) is 30.3 Å². The van der Waals surface area contributed by atoms with E-state index in [-0.39, 0.29) is 12.0 Å².